The summed E-state index contributed by atoms with van der Waals surface area (Å²) in [7, 11) is 0. The fraction of sp³-hybridized carbons (Fsp3) is 0.308. The van der Waals surface area contributed by atoms with E-state index in [1.54, 1.807) is 24.3 Å². The molecule has 3 aromatic rings. The summed E-state index contributed by atoms with van der Waals surface area (Å²) in [6.45, 7) is 0.499. The Kier molecular flexibility index (Phi) is 7.07. The van der Waals surface area contributed by atoms with E-state index < -0.39 is 12.2 Å². The predicted molar refractivity (Wildman–Crippen MR) is 117 cm³/mol. The van der Waals surface area contributed by atoms with Gasteiger partial charge in [-0.2, -0.15) is 0 Å². The molecular formula is C26H27F2NO2. The van der Waals surface area contributed by atoms with E-state index in [-0.39, 0.29) is 24.3 Å². The van der Waals surface area contributed by atoms with Gasteiger partial charge in [0.15, 0.2) is 0 Å². The molecule has 0 unspecified atom stereocenters. The van der Waals surface area contributed by atoms with E-state index >= 15 is 0 Å². The average Bonchev–Trinajstić information content (AvgIpc) is 2.80. The van der Waals surface area contributed by atoms with Gasteiger partial charge in [-0.05, 0) is 65.8 Å². The lowest BCUT2D eigenvalue weighted by Crippen LogP contribution is -2.35. The molecule has 0 radical (unpaired) electrons. The van der Waals surface area contributed by atoms with Crippen LogP contribution in [0.4, 0.5) is 8.78 Å². The summed E-state index contributed by atoms with van der Waals surface area (Å²) in [6, 6.07) is 20.7. The van der Waals surface area contributed by atoms with Gasteiger partial charge in [0.05, 0.1) is 12.7 Å². The van der Waals surface area contributed by atoms with Gasteiger partial charge in [-0.15, -0.1) is 0 Å². The summed E-state index contributed by atoms with van der Waals surface area (Å²) in [4.78, 5) is 0. The lowest BCUT2D eigenvalue weighted by Gasteiger charge is -2.28. The van der Waals surface area contributed by atoms with Crippen LogP contribution in [0.2, 0.25) is 0 Å². The van der Waals surface area contributed by atoms with E-state index in [4.69, 9.17) is 4.74 Å². The van der Waals surface area contributed by atoms with Crippen LogP contribution in [0.15, 0.2) is 72.8 Å². The molecule has 5 heteroatoms. The Bertz CT molecular complexity index is 930. The van der Waals surface area contributed by atoms with Crippen LogP contribution in [0.3, 0.4) is 0 Å². The lowest BCUT2D eigenvalue weighted by molar-refractivity contribution is 0.00537. The number of hydrogen-bond donors (Lipinski definition) is 2. The number of aliphatic hydroxyl groups excluding tert-OH is 1. The Balaban J connectivity index is 1.39. The second-order valence-corrected chi connectivity index (χ2v) is 8.02. The van der Waals surface area contributed by atoms with Crippen molar-refractivity contribution in [3.63, 3.8) is 0 Å². The number of rotatable bonds is 8. The van der Waals surface area contributed by atoms with E-state index in [2.05, 4.69) is 23.5 Å². The van der Waals surface area contributed by atoms with Crippen LogP contribution in [-0.2, 0) is 11.2 Å². The molecular weight excluding hydrogens is 396 g/mol. The van der Waals surface area contributed by atoms with Crippen molar-refractivity contribution in [2.45, 2.75) is 37.5 Å². The topological polar surface area (TPSA) is 41.5 Å². The maximum absolute atomic E-state index is 13.4. The molecule has 4 rings (SSSR count). The molecule has 0 aromatic heterocycles. The average molecular weight is 424 g/mol. The fourth-order valence-electron chi connectivity index (χ4n) is 4.17. The molecule has 3 nitrogen and oxygen atoms in total. The molecule has 0 heterocycles. The molecule has 0 saturated heterocycles. The van der Waals surface area contributed by atoms with Gasteiger partial charge in [0.25, 0.3) is 0 Å². The van der Waals surface area contributed by atoms with Gasteiger partial charge in [0.1, 0.15) is 17.7 Å². The first-order chi connectivity index (χ1) is 15.1. The predicted octanol–water partition coefficient (Wildman–Crippen LogP) is 5.10. The third kappa shape index (κ3) is 5.56. The van der Waals surface area contributed by atoms with E-state index in [9.17, 15) is 13.9 Å². The first-order valence-electron chi connectivity index (χ1n) is 10.7. The number of aryl methyl sites for hydroxylation is 1. The number of ether oxygens (including phenoxy) is 1. The van der Waals surface area contributed by atoms with E-state index in [1.807, 2.05) is 6.07 Å². The van der Waals surface area contributed by atoms with Gasteiger partial charge in [0.2, 0.25) is 0 Å². The normalized spacial score (nSPS) is 16.8. The smallest absolute Gasteiger partial charge is 0.123 e. The van der Waals surface area contributed by atoms with Crippen LogP contribution in [-0.4, -0.2) is 24.4 Å². The van der Waals surface area contributed by atoms with Crippen LogP contribution in [0.1, 0.15) is 47.2 Å². The minimum absolute atomic E-state index is 0.0980. The van der Waals surface area contributed by atoms with Crippen LogP contribution in [0.5, 0.6) is 0 Å². The van der Waals surface area contributed by atoms with Crippen LogP contribution >= 0.6 is 0 Å². The third-order valence-corrected chi connectivity index (χ3v) is 5.77. The van der Waals surface area contributed by atoms with Crippen molar-refractivity contribution < 1.29 is 18.6 Å². The van der Waals surface area contributed by atoms with Crippen LogP contribution < -0.4 is 5.32 Å². The minimum Gasteiger partial charge on any atom is -0.389 e. The van der Waals surface area contributed by atoms with Gasteiger partial charge >= 0.3 is 0 Å². The summed E-state index contributed by atoms with van der Waals surface area (Å²) < 4.78 is 32.8. The van der Waals surface area contributed by atoms with Crippen LogP contribution in [0.25, 0.3) is 0 Å². The highest BCUT2D eigenvalue weighted by atomic mass is 19.1. The summed E-state index contributed by atoms with van der Waals surface area (Å²) in [6.07, 6.45) is 2.03. The van der Waals surface area contributed by atoms with Crippen molar-refractivity contribution in [3.8, 4) is 0 Å². The number of nitrogens with one attached hydrogen (secondary N) is 1. The van der Waals surface area contributed by atoms with Crippen LogP contribution in [0, 0.1) is 11.6 Å². The number of halogens is 2. The van der Waals surface area contributed by atoms with Gasteiger partial charge in [-0.1, -0.05) is 48.5 Å². The molecule has 31 heavy (non-hydrogen) atoms. The molecule has 0 bridgehead atoms. The van der Waals surface area contributed by atoms with Gasteiger partial charge < -0.3 is 15.2 Å². The van der Waals surface area contributed by atoms with Crippen molar-refractivity contribution in [2.75, 3.05) is 13.2 Å². The Morgan fingerprint density at radius 3 is 2.16 bits per heavy atom. The zero-order valence-corrected chi connectivity index (χ0v) is 17.3. The molecule has 1 aliphatic carbocycles. The highest BCUT2D eigenvalue weighted by molar-refractivity contribution is 5.32. The second kappa shape index (κ2) is 10.1. The Morgan fingerprint density at radius 2 is 1.52 bits per heavy atom. The maximum atomic E-state index is 13.4. The second-order valence-electron chi connectivity index (χ2n) is 8.02. The molecule has 162 valence electrons. The minimum atomic E-state index is -0.711. The maximum Gasteiger partial charge on any atom is 0.123 e. The summed E-state index contributed by atoms with van der Waals surface area (Å²) >= 11 is 0. The summed E-state index contributed by atoms with van der Waals surface area (Å²) in [5.41, 5.74) is 4.16. The van der Waals surface area contributed by atoms with Gasteiger partial charge in [-0.3, -0.25) is 0 Å². The van der Waals surface area contributed by atoms with Crippen molar-refractivity contribution in [1.82, 2.24) is 5.32 Å². The van der Waals surface area contributed by atoms with Crippen molar-refractivity contribution in [3.05, 3.63) is 107 Å². The monoisotopic (exact) mass is 423 g/mol. The standard InChI is InChI=1S/C26H27F2NO2/c27-21-12-8-19(9-13-21)26(20-10-14-22(28)15-11-20)31-17-23(30)16-29-25-7-3-5-18-4-1-2-6-24(18)25/h1-2,4,6,8-15,23,25-26,29-30H,3,5,7,16-17H2/t23-,25-/m0/s1. The first-order valence-corrected chi connectivity index (χ1v) is 10.7. The van der Waals surface area contributed by atoms with Crippen molar-refractivity contribution >= 4 is 0 Å². The zero-order valence-electron chi connectivity index (χ0n) is 17.3. The van der Waals surface area contributed by atoms with E-state index in [0.717, 1.165) is 30.4 Å². The number of aliphatic hydroxyl groups is 1. The molecule has 0 amide bonds. The van der Waals surface area contributed by atoms with Crippen molar-refractivity contribution in [2.24, 2.45) is 0 Å². The highest BCUT2D eigenvalue weighted by Crippen LogP contribution is 2.30. The van der Waals surface area contributed by atoms with Gasteiger partial charge in [0, 0.05) is 12.6 Å². The number of fused-ring (bicyclic) bond motifs is 1. The fourth-order valence-corrected chi connectivity index (χ4v) is 4.17. The molecule has 2 atom stereocenters. The first kappa shape index (κ1) is 21.6. The molecule has 3 aromatic carbocycles. The molecule has 0 spiro atoms. The highest BCUT2D eigenvalue weighted by Gasteiger charge is 2.21. The molecule has 0 fully saturated rings. The van der Waals surface area contributed by atoms with Crippen molar-refractivity contribution in [1.29, 1.82) is 0 Å². The summed E-state index contributed by atoms with van der Waals surface area (Å²) in [5.74, 6) is -0.669. The van der Waals surface area contributed by atoms with E-state index in [1.165, 1.54) is 35.4 Å². The Labute approximate surface area is 181 Å². The molecule has 2 N–H and O–H groups in total. The molecule has 0 saturated carbocycles. The Hall–Kier alpha value is -2.60. The number of benzene rings is 3. The van der Waals surface area contributed by atoms with Gasteiger partial charge in [-0.25, -0.2) is 8.78 Å². The quantitative estimate of drug-likeness (QED) is 0.530. The largest absolute Gasteiger partial charge is 0.389 e. The van der Waals surface area contributed by atoms with E-state index in [0.29, 0.717) is 6.54 Å². The SMILES string of the molecule is O[C@@H](CN[C@H]1CCCc2ccccc21)COC(c1ccc(F)cc1)c1ccc(F)cc1. The Morgan fingerprint density at radius 1 is 0.903 bits per heavy atom. The molecule has 0 aliphatic heterocycles. The lowest BCUT2D eigenvalue weighted by atomic mass is 9.88. The number of hydrogen-bond acceptors (Lipinski definition) is 3. The third-order valence-electron chi connectivity index (χ3n) is 5.77. The molecule has 1 aliphatic rings. The summed E-state index contributed by atoms with van der Waals surface area (Å²) in [5, 5.41) is 14.0. The zero-order chi connectivity index (χ0) is 21.6.